The Morgan fingerprint density at radius 1 is 1.05 bits per heavy atom. The molecule has 2 aromatic carbocycles. The molecular formula is C16H19NO3S2. The molecule has 0 radical (unpaired) electrons. The Morgan fingerprint density at radius 2 is 1.59 bits per heavy atom. The molecule has 1 atom stereocenters. The summed E-state index contributed by atoms with van der Waals surface area (Å²) >= 11 is 4.23. The van der Waals surface area contributed by atoms with E-state index in [1.807, 2.05) is 37.3 Å². The largest absolute Gasteiger partial charge is 0.457 e. The van der Waals surface area contributed by atoms with Gasteiger partial charge in [-0.1, -0.05) is 25.1 Å². The zero-order valence-corrected chi connectivity index (χ0v) is 14.2. The van der Waals surface area contributed by atoms with Crippen LogP contribution in [0.25, 0.3) is 0 Å². The normalized spacial score (nSPS) is 13.1. The maximum Gasteiger partial charge on any atom is 0.242 e. The van der Waals surface area contributed by atoms with Crippen molar-refractivity contribution in [1.82, 2.24) is 4.31 Å². The first-order valence-corrected chi connectivity index (χ1v) is 8.82. The van der Waals surface area contributed by atoms with Crippen molar-refractivity contribution in [3.63, 3.8) is 0 Å². The fourth-order valence-electron chi connectivity index (χ4n) is 1.95. The number of hydrogen-bond donors (Lipinski definition) is 1. The van der Waals surface area contributed by atoms with Crippen molar-refractivity contribution >= 4 is 22.7 Å². The molecule has 4 nitrogen and oxygen atoms in total. The van der Waals surface area contributed by atoms with E-state index in [2.05, 4.69) is 12.6 Å². The number of nitrogens with zero attached hydrogens (tertiary/aromatic N) is 1. The zero-order chi connectivity index (χ0) is 16.2. The van der Waals surface area contributed by atoms with Crippen molar-refractivity contribution < 1.29 is 13.2 Å². The molecule has 0 saturated heterocycles. The Bertz CT molecular complexity index is 698. The van der Waals surface area contributed by atoms with Crippen molar-refractivity contribution in [3.8, 4) is 11.5 Å². The number of para-hydroxylation sites is 1. The summed E-state index contributed by atoms with van der Waals surface area (Å²) in [7, 11) is -1.94. The first kappa shape index (κ1) is 16.9. The van der Waals surface area contributed by atoms with Crippen LogP contribution in [0.1, 0.15) is 6.92 Å². The predicted octanol–water partition coefficient (Wildman–Crippen LogP) is 3.42. The summed E-state index contributed by atoms with van der Waals surface area (Å²) in [6.45, 7) is 2.21. The highest BCUT2D eigenvalue weighted by atomic mass is 32.2. The van der Waals surface area contributed by atoms with E-state index in [4.69, 9.17) is 4.74 Å². The van der Waals surface area contributed by atoms with Crippen molar-refractivity contribution in [1.29, 1.82) is 0 Å². The van der Waals surface area contributed by atoms with Gasteiger partial charge in [0.2, 0.25) is 10.0 Å². The molecule has 0 saturated carbocycles. The molecule has 0 fully saturated rings. The Balaban J connectivity index is 2.14. The third-order valence-electron chi connectivity index (χ3n) is 3.03. The van der Waals surface area contributed by atoms with Gasteiger partial charge in [-0.25, -0.2) is 8.42 Å². The van der Waals surface area contributed by atoms with Gasteiger partial charge in [-0.05, 0) is 36.4 Å². The zero-order valence-electron chi connectivity index (χ0n) is 12.5. The quantitative estimate of drug-likeness (QED) is 0.822. The van der Waals surface area contributed by atoms with Gasteiger partial charge in [0.15, 0.2) is 0 Å². The summed E-state index contributed by atoms with van der Waals surface area (Å²) < 4.78 is 31.7. The van der Waals surface area contributed by atoms with E-state index >= 15 is 0 Å². The molecule has 22 heavy (non-hydrogen) atoms. The summed E-state index contributed by atoms with van der Waals surface area (Å²) in [4.78, 5) is 0.240. The topological polar surface area (TPSA) is 46.6 Å². The highest BCUT2D eigenvalue weighted by Crippen LogP contribution is 2.23. The van der Waals surface area contributed by atoms with Gasteiger partial charge >= 0.3 is 0 Å². The van der Waals surface area contributed by atoms with Crippen molar-refractivity contribution in [2.24, 2.45) is 0 Å². The monoisotopic (exact) mass is 337 g/mol. The molecule has 1 unspecified atom stereocenters. The van der Waals surface area contributed by atoms with Gasteiger partial charge in [-0.15, -0.1) is 0 Å². The minimum absolute atomic E-state index is 0.0273. The summed E-state index contributed by atoms with van der Waals surface area (Å²) in [5.41, 5.74) is 0. The van der Waals surface area contributed by atoms with Crippen LogP contribution in [0.4, 0.5) is 0 Å². The molecule has 0 heterocycles. The highest BCUT2D eigenvalue weighted by Gasteiger charge is 2.21. The minimum Gasteiger partial charge on any atom is -0.457 e. The second-order valence-electron chi connectivity index (χ2n) is 5.02. The summed E-state index contributed by atoms with van der Waals surface area (Å²) in [5.74, 6) is 1.30. The predicted molar refractivity (Wildman–Crippen MR) is 91.2 cm³/mol. The van der Waals surface area contributed by atoms with E-state index in [-0.39, 0.29) is 10.1 Å². The van der Waals surface area contributed by atoms with Gasteiger partial charge in [-0.3, -0.25) is 0 Å². The van der Waals surface area contributed by atoms with Crippen LogP contribution in [-0.4, -0.2) is 31.6 Å². The molecule has 0 N–H and O–H groups in total. The Labute approximate surface area is 137 Å². The fourth-order valence-corrected chi connectivity index (χ4v) is 3.57. The lowest BCUT2D eigenvalue weighted by Crippen LogP contribution is -2.31. The molecule has 2 rings (SSSR count). The van der Waals surface area contributed by atoms with E-state index in [1.54, 1.807) is 31.3 Å². The molecule has 0 amide bonds. The van der Waals surface area contributed by atoms with Gasteiger partial charge in [0, 0.05) is 18.8 Å². The smallest absolute Gasteiger partial charge is 0.242 e. The third-order valence-corrected chi connectivity index (χ3v) is 5.03. The number of benzene rings is 2. The Kier molecular flexibility index (Phi) is 5.50. The first-order chi connectivity index (χ1) is 10.4. The molecule has 0 aliphatic heterocycles. The minimum atomic E-state index is -3.49. The number of hydrogen-bond acceptors (Lipinski definition) is 4. The number of sulfonamides is 1. The summed E-state index contributed by atoms with van der Waals surface area (Å²) in [6.07, 6.45) is 0. The maximum atomic E-state index is 12.4. The van der Waals surface area contributed by atoms with Gasteiger partial charge in [-0.2, -0.15) is 16.9 Å². The average Bonchev–Trinajstić information content (AvgIpc) is 2.48. The molecule has 0 aliphatic rings. The fraction of sp³-hybridized carbons (Fsp3) is 0.250. The molecule has 2 aromatic rings. The highest BCUT2D eigenvalue weighted by molar-refractivity contribution is 7.89. The summed E-state index contributed by atoms with van der Waals surface area (Å²) in [5, 5.41) is -0.0273. The number of thiol groups is 1. The van der Waals surface area contributed by atoms with Gasteiger partial charge in [0.05, 0.1) is 4.90 Å². The average molecular weight is 337 g/mol. The van der Waals surface area contributed by atoms with Crippen LogP contribution in [-0.2, 0) is 10.0 Å². The second-order valence-corrected chi connectivity index (χ2v) is 7.95. The number of rotatable bonds is 6. The van der Waals surface area contributed by atoms with E-state index < -0.39 is 10.0 Å². The maximum absolute atomic E-state index is 12.4. The summed E-state index contributed by atoms with van der Waals surface area (Å²) in [6, 6.07) is 15.7. The van der Waals surface area contributed by atoms with Gasteiger partial charge in [0.1, 0.15) is 11.5 Å². The van der Waals surface area contributed by atoms with Crippen molar-refractivity contribution in [3.05, 3.63) is 54.6 Å². The van der Waals surface area contributed by atoms with E-state index in [0.29, 0.717) is 18.0 Å². The SMILES string of the molecule is CC(S)CN(C)S(=O)(=O)c1ccc(Oc2ccccc2)cc1. The molecular weight excluding hydrogens is 318 g/mol. The molecule has 0 aromatic heterocycles. The van der Waals surface area contributed by atoms with Crippen molar-refractivity contribution in [2.45, 2.75) is 17.1 Å². The molecule has 0 bridgehead atoms. The van der Waals surface area contributed by atoms with E-state index in [0.717, 1.165) is 0 Å². The standard InChI is InChI=1S/C16H19NO3S2/c1-13(21)12-17(2)22(18,19)16-10-8-15(9-11-16)20-14-6-4-3-5-7-14/h3-11,13,21H,12H2,1-2H3. The van der Waals surface area contributed by atoms with E-state index in [9.17, 15) is 8.42 Å². The molecule has 0 aliphatic carbocycles. The lowest BCUT2D eigenvalue weighted by Gasteiger charge is -2.19. The van der Waals surface area contributed by atoms with Gasteiger partial charge in [0.25, 0.3) is 0 Å². The van der Waals surface area contributed by atoms with Crippen LogP contribution in [0.3, 0.4) is 0 Å². The lowest BCUT2D eigenvalue weighted by molar-refractivity contribution is 0.471. The number of ether oxygens (including phenoxy) is 1. The van der Waals surface area contributed by atoms with Crippen LogP contribution >= 0.6 is 12.6 Å². The van der Waals surface area contributed by atoms with Crippen LogP contribution in [0.2, 0.25) is 0 Å². The van der Waals surface area contributed by atoms with Crippen molar-refractivity contribution in [2.75, 3.05) is 13.6 Å². The van der Waals surface area contributed by atoms with Crippen LogP contribution in [0.15, 0.2) is 59.5 Å². The molecule has 0 spiro atoms. The lowest BCUT2D eigenvalue weighted by atomic mass is 10.3. The first-order valence-electron chi connectivity index (χ1n) is 6.87. The van der Waals surface area contributed by atoms with Gasteiger partial charge < -0.3 is 4.74 Å². The Hall–Kier alpha value is -1.50. The van der Waals surface area contributed by atoms with Crippen LogP contribution in [0.5, 0.6) is 11.5 Å². The molecule has 6 heteroatoms. The molecule has 118 valence electrons. The van der Waals surface area contributed by atoms with Crippen LogP contribution < -0.4 is 4.74 Å². The van der Waals surface area contributed by atoms with E-state index in [1.165, 1.54) is 4.31 Å². The van der Waals surface area contributed by atoms with Crippen LogP contribution in [0, 0.1) is 0 Å². The Morgan fingerprint density at radius 3 is 2.14 bits per heavy atom. The third kappa shape index (κ3) is 4.25. The second kappa shape index (κ2) is 7.17.